The van der Waals surface area contributed by atoms with Crippen molar-refractivity contribution in [3.8, 4) is 0 Å². The number of esters is 1. The fraction of sp³-hybridized carbons (Fsp3) is 0.636. The molecule has 104 valence electrons. The van der Waals surface area contributed by atoms with Gasteiger partial charge in [0.2, 0.25) is 11.5 Å². The van der Waals surface area contributed by atoms with Crippen LogP contribution in [0.25, 0.3) is 0 Å². The van der Waals surface area contributed by atoms with E-state index in [0.717, 1.165) is 19.3 Å². The van der Waals surface area contributed by atoms with Crippen LogP contribution in [0.2, 0.25) is 0 Å². The second-order valence-electron chi connectivity index (χ2n) is 4.43. The molecule has 2 N–H and O–H groups in total. The number of piperidine rings is 1. The van der Waals surface area contributed by atoms with Crippen LogP contribution in [0.1, 0.15) is 36.2 Å². The Bertz CT molecular complexity index is 473. The summed E-state index contributed by atoms with van der Waals surface area (Å²) in [6.45, 7) is 0.562. The molecule has 1 aliphatic rings. The molecule has 2 heterocycles. The van der Waals surface area contributed by atoms with Crippen molar-refractivity contribution in [2.75, 3.05) is 19.4 Å². The number of ether oxygens (including phenoxy) is 1. The van der Waals surface area contributed by atoms with Gasteiger partial charge in [-0.15, -0.1) is 0 Å². The number of aromatic nitrogens is 2. The molecule has 8 nitrogen and oxygen atoms in total. The Kier molecular flexibility index (Phi) is 3.98. The van der Waals surface area contributed by atoms with Crippen LogP contribution in [0.3, 0.4) is 0 Å². The lowest BCUT2D eigenvalue weighted by molar-refractivity contribution is -0.142. The van der Waals surface area contributed by atoms with Crippen LogP contribution >= 0.6 is 0 Å². The van der Waals surface area contributed by atoms with Gasteiger partial charge in [0, 0.05) is 12.6 Å². The Labute approximate surface area is 109 Å². The monoisotopic (exact) mass is 268 g/mol. The van der Waals surface area contributed by atoms with E-state index in [1.165, 1.54) is 7.11 Å². The number of nitrogens with two attached hydrogens (primary N) is 1. The third kappa shape index (κ3) is 2.83. The third-order valence-electron chi connectivity index (χ3n) is 3.23. The summed E-state index contributed by atoms with van der Waals surface area (Å²) in [7, 11) is 1.33. The number of nitrogens with zero attached hydrogens (tertiary/aromatic N) is 3. The molecule has 0 saturated carbocycles. The van der Waals surface area contributed by atoms with E-state index in [0.29, 0.717) is 6.54 Å². The summed E-state index contributed by atoms with van der Waals surface area (Å²) >= 11 is 0. The van der Waals surface area contributed by atoms with E-state index in [-0.39, 0.29) is 35.9 Å². The van der Waals surface area contributed by atoms with Gasteiger partial charge in [0.15, 0.2) is 0 Å². The van der Waals surface area contributed by atoms with Gasteiger partial charge in [-0.05, 0) is 29.6 Å². The summed E-state index contributed by atoms with van der Waals surface area (Å²) in [5.74, 6) is -0.726. The molecule has 0 radical (unpaired) electrons. The van der Waals surface area contributed by atoms with Crippen LogP contribution in [0.5, 0.6) is 0 Å². The van der Waals surface area contributed by atoms with E-state index >= 15 is 0 Å². The second-order valence-corrected chi connectivity index (χ2v) is 4.43. The molecule has 1 saturated heterocycles. The van der Waals surface area contributed by atoms with Crippen LogP contribution in [0, 0.1) is 0 Å². The van der Waals surface area contributed by atoms with Crippen molar-refractivity contribution >= 4 is 17.7 Å². The van der Waals surface area contributed by atoms with E-state index in [1.807, 2.05) is 0 Å². The van der Waals surface area contributed by atoms with Gasteiger partial charge >= 0.3 is 5.97 Å². The SMILES string of the molecule is COC(=O)CC1CCCCN1C(=O)c1nonc1N. The zero-order valence-electron chi connectivity index (χ0n) is 10.7. The summed E-state index contributed by atoms with van der Waals surface area (Å²) in [4.78, 5) is 25.3. The number of likely N-dealkylation sites (tertiary alicyclic amines) is 1. The van der Waals surface area contributed by atoms with Gasteiger partial charge in [-0.2, -0.15) is 0 Å². The Morgan fingerprint density at radius 2 is 2.26 bits per heavy atom. The molecule has 0 aliphatic carbocycles. The summed E-state index contributed by atoms with van der Waals surface area (Å²) in [5.41, 5.74) is 5.51. The van der Waals surface area contributed by atoms with Crippen molar-refractivity contribution in [2.45, 2.75) is 31.7 Å². The summed E-state index contributed by atoms with van der Waals surface area (Å²) in [6.07, 6.45) is 2.78. The highest BCUT2D eigenvalue weighted by Crippen LogP contribution is 2.23. The van der Waals surface area contributed by atoms with Gasteiger partial charge in [-0.25, -0.2) is 4.63 Å². The number of carbonyl (C=O) groups is 2. The first-order valence-electron chi connectivity index (χ1n) is 6.09. The number of methoxy groups -OCH3 is 1. The van der Waals surface area contributed by atoms with E-state index in [2.05, 4.69) is 19.7 Å². The number of hydrogen-bond donors (Lipinski definition) is 1. The molecule has 0 aromatic carbocycles. The lowest BCUT2D eigenvalue weighted by Gasteiger charge is -2.34. The second kappa shape index (κ2) is 5.68. The van der Waals surface area contributed by atoms with Crippen molar-refractivity contribution in [1.82, 2.24) is 15.2 Å². The van der Waals surface area contributed by atoms with E-state index in [9.17, 15) is 9.59 Å². The average Bonchev–Trinajstić information content (AvgIpc) is 2.84. The minimum Gasteiger partial charge on any atom is -0.469 e. The number of nitrogen functional groups attached to an aromatic ring is 1. The first-order valence-corrected chi connectivity index (χ1v) is 6.09. The van der Waals surface area contributed by atoms with Crippen molar-refractivity contribution in [2.24, 2.45) is 0 Å². The van der Waals surface area contributed by atoms with Crippen LogP contribution in [0.15, 0.2) is 4.63 Å². The minimum absolute atomic E-state index is 0.00299. The Morgan fingerprint density at radius 3 is 2.89 bits per heavy atom. The topological polar surface area (TPSA) is 112 Å². The van der Waals surface area contributed by atoms with Gasteiger partial charge < -0.3 is 15.4 Å². The smallest absolute Gasteiger partial charge is 0.307 e. The van der Waals surface area contributed by atoms with Gasteiger partial charge in [0.1, 0.15) is 0 Å². The normalized spacial score (nSPS) is 19.2. The average molecular weight is 268 g/mol. The van der Waals surface area contributed by atoms with E-state index in [4.69, 9.17) is 5.73 Å². The molecule has 19 heavy (non-hydrogen) atoms. The van der Waals surface area contributed by atoms with Gasteiger partial charge in [0.05, 0.1) is 13.5 Å². The van der Waals surface area contributed by atoms with Gasteiger partial charge in [0.25, 0.3) is 5.91 Å². The molecule has 0 bridgehead atoms. The summed E-state index contributed by atoms with van der Waals surface area (Å²) < 4.78 is 9.08. The lowest BCUT2D eigenvalue weighted by atomic mass is 9.99. The molecule has 0 spiro atoms. The highest BCUT2D eigenvalue weighted by atomic mass is 16.6. The number of carbonyl (C=O) groups excluding carboxylic acids is 2. The standard InChI is InChI=1S/C11H16N4O4/c1-18-8(16)6-7-4-2-3-5-15(7)11(17)9-10(12)14-19-13-9/h7H,2-6H2,1H3,(H2,12,14). The van der Waals surface area contributed by atoms with Gasteiger partial charge in [-0.1, -0.05) is 0 Å². The first-order chi connectivity index (χ1) is 9.13. The molecular formula is C11H16N4O4. The largest absolute Gasteiger partial charge is 0.469 e. The molecule has 1 fully saturated rings. The van der Waals surface area contributed by atoms with Crippen molar-refractivity contribution in [3.63, 3.8) is 0 Å². The van der Waals surface area contributed by atoms with Crippen LogP contribution in [0.4, 0.5) is 5.82 Å². The minimum atomic E-state index is -0.354. The fourth-order valence-electron chi connectivity index (χ4n) is 2.24. The molecule has 8 heteroatoms. The third-order valence-corrected chi connectivity index (χ3v) is 3.23. The number of rotatable bonds is 3. The highest BCUT2D eigenvalue weighted by molar-refractivity contribution is 5.96. The maximum absolute atomic E-state index is 12.3. The van der Waals surface area contributed by atoms with E-state index in [1.54, 1.807) is 4.90 Å². The predicted molar refractivity (Wildman–Crippen MR) is 64.0 cm³/mol. The van der Waals surface area contributed by atoms with Crippen LogP contribution < -0.4 is 5.73 Å². The summed E-state index contributed by atoms with van der Waals surface area (Å²) in [6, 6.07) is -0.190. The number of amides is 1. The predicted octanol–water partition coefficient (Wildman–Crippen LogP) is 0.210. The quantitative estimate of drug-likeness (QED) is 0.780. The Balaban J connectivity index is 2.13. The van der Waals surface area contributed by atoms with Crippen molar-refractivity contribution in [3.05, 3.63) is 5.69 Å². The molecule has 1 unspecified atom stereocenters. The summed E-state index contributed by atoms with van der Waals surface area (Å²) in [5, 5.41) is 6.89. The molecular weight excluding hydrogens is 252 g/mol. The van der Waals surface area contributed by atoms with E-state index < -0.39 is 0 Å². The Hall–Kier alpha value is -2.12. The molecule has 1 aliphatic heterocycles. The highest BCUT2D eigenvalue weighted by Gasteiger charge is 2.32. The molecule has 1 aromatic heterocycles. The van der Waals surface area contributed by atoms with Gasteiger partial charge in [-0.3, -0.25) is 9.59 Å². The lowest BCUT2D eigenvalue weighted by Crippen LogP contribution is -2.45. The first kappa shape index (κ1) is 13.3. The maximum Gasteiger partial charge on any atom is 0.307 e. The Morgan fingerprint density at radius 1 is 1.47 bits per heavy atom. The molecule has 1 atom stereocenters. The maximum atomic E-state index is 12.3. The van der Waals surface area contributed by atoms with Crippen molar-refractivity contribution in [1.29, 1.82) is 0 Å². The number of hydrogen-bond acceptors (Lipinski definition) is 7. The van der Waals surface area contributed by atoms with Crippen molar-refractivity contribution < 1.29 is 19.0 Å². The molecule has 2 rings (SSSR count). The zero-order chi connectivity index (χ0) is 13.8. The molecule has 1 aromatic rings. The van der Waals surface area contributed by atoms with Crippen LogP contribution in [-0.4, -0.2) is 46.8 Å². The number of anilines is 1. The fourth-order valence-corrected chi connectivity index (χ4v) is 2.24. The zero-order valence-corrected chi connectivity index (χ0v) is 10.7. The molecule has 1 amide bonds. The van der Waals surface area contributed by atoms with Crippen LogP contribution in [-0.2, 0) is 9.53 Å².